The highest BCUT2D eigenvalue weighted by Crippen LogP contribution is 2.16. The summed E-state index contributed by atoms with van der Waals surface area (Å²) in [7, 11) is 0. The molecular weight excluding hydrogens is 342 g/mol. The molecule has 2 aromatic carbocycles. The normalized spacial score (nSPS) is 10.4. The lowest BCUT2D eigenvalue weighted by Crippen LogP contribution is -2.23. The van der Waals surface area contributed by atoms with Crippen LogP contribution in [0.15, 0.2) is 48.5 Å². The van der Waals surface area contributed by atoms with Crippen molar-refractivity contribution in [2.24, 2.45) is 5.92 Å². The van der Waals surface area contributed by atoms with Crippen molar-refractivity contribution in [1.82, 2.24) is 5.32 Å². The SMILES string of the molecule is CCNC(=O)c1ccc(NCC(=O)Nc2ccc(OCC(C)C)cc2)cc1. The van der Waals surface area contributed by atoms with E-state index >= 15 is 0 Å². The molecule has 0 unspecified atom stereocenters. The number of carbonyl (C=O) groups excluding carboxylic acids is 2. The largest absolute Gasteiger partial charge is 0.493 e. The summed E-state index contributed by atoms with van der Waals surface area (Å²) in [4.78, 5) is 23.8. The molecule has 0 aliphatic rings. The van der Waals surface area contributed by atoms with Gasteiger partial charge in [-0.05, 0) is 61.4 Å². The fourth-order valence-corrected chi connectivity index (χ4v) is 2.29. The maximum atomic E-state index is 12.1. The summed E-state index contributed by atoms with van der Waals surface area (Å²) in [6.45, 7) is 7.44. The summed E-state index contributed by atoms with van der Waals surface area (Å²) >= 11 is 0. The fourth-order valence-electron chi connectivity index (χ4n) is 2.29. The molecule has 0 saturated heterocycles. The molecule has 3 N–H and O–H groups in total. The van der Waals surface area contributed by atoms with Gasteiger partial charge in [0.1, 0.15) is 5.75 Å². The van der Waals surface area contributed by atoms with E-state index in [4.69, 9.17) is 4.74 Å². The molecule has 0 fully saturated rings. The van der Waals surface area contributed by atoms with Gasteiger partial charge in [-0.25, -0.2) is 0 Å². The molecule has 0 atom stereocenters. The van der Waals surface area contributed by atoms with Gasteiger partial charge < -0.3 is 20.7 Å². The van der Waals surface area contributed by atoms with Crippen LogP contribution in [0.3, 0.4) is 0 Å². The van der Waals surface area contributed by atoms with E-state index in [1.807, 2.05) is 31.2 Å². The lowest BCUT2D eigenvalue weighted by molar-refractivity contribution is -0.114. The molecule has 0 spiro atoms. The molecular formula is C21H27N3O3. The Hall–Kier alpha value is -3.02. The van der Waals surface area contributed by atoms with Gasteiger partial charge in [-0.15, -0.1) is 0 Å². The van der Waals surface area contributed by atoms with Gasteiger partial charge >= 0.3 is 0 Å². The van der Waals surface area contributed by atoms with Crippen molar-refractivity contribution in [2.45, 2.75) is 20.8 Å². The van der Waals surface area contributed by atoms with Crippen molar-refractivity contribution < 1.29 is 14.3 Å². The second-order valence-corrected chi connectivity index (χ2v) is 6.57. The van der Waals surface area contributed by atoms with E-state index in [1.54, 1.807) is 24.3 Å². The highest BCUT2D eigenvalue weighted by atomic mass is 16.5. The summed E-state index contributed by atoms with van der Waals surface area (Å²) in [5.41, 5.74) is 2.08. The average molecular weight is 369 g/mol. The zero-order valence-electron chi connectivity index (χ0n) is 16.0. The van der Waals surface area contributed by atoms with Gasteiger partial charge in [0.2, 0.25) is 5.91 Å². The van der Waals surface area contributed by atoms with Crippen LogP contribution in [0.1, 0.15) is 31.1 Å². The Morgan fingerprint density at radius 2 is 1.59 bits per heavy atom. The zero-order valence-corrected chi connectivity index (χ0v) is 16.0. The van der Waals surface area contributed by atoms with Gasteiger partial charge in [0.25, 0.3) is 5.91 Å². The fraction of sp³-hybridized carbons (Fsp3) is 0.333. The predicted molar refractivity (Wildman–Crippen MR) is 108 cm³/mol. The van der Waals surface area contributed by atoms with Gasteiger partial charge in [-0.1, -0.05) is 13.8 Å². The topological polar surface area (TPSA) is 79.5 Å². The van der Waals surface area contributed by atoms with Crippen LogP contribution in [0.4, 0.5) is 11.4 Å². The van der Waals surface area contributed by atoms with Gasteiger partial charge in [-0.3, -0.25) is 9.59 Å². The molecule has 0 bridgehead atoms. The highest BCUT2D eigenvalue weighted by Gasteiger charge is 2.06. The summed E-state index contributed by atoms with van der Waals surface area (Å²) < 4.78 is 5.62. The molecule has 0 aromatic heterocycles. The van der Waals surface area contributed by atoms with Gasteiger partial charge in [0.05, 0.1) is 13.2 Å². The number of anilines is 2. The Kier molecular flexibility index (Phi) is 7.67. The van der Waals surface area contributed by atoms with Crippen molar-refractivity contribution in [3.05, 3.63) is 54.1 Å². The van der Waals surface area contributed by atoms with Crippen LogP contribution in [-0.4, -0.2) is 31.5 Å². The highest BCUT2D eigenvalue weighted by molar-refractivity contribution is 5.95. The number of amides is 2. The Morgan fingerprint density at radius 3 is 2.19 bits per heavy atom. The van der Waals surface area contributed by atoms with Crippen molar-refractivity contribution in [2.75, 3.05) is 30.3 Å². The molecule has 27 heavy (non-hydrogen) atoms. The van der Waals surface area contributed by atoms with Crippen LogP contribution in [0.5, 0.6) is 5.75 Å². The minimum Gasteiger partial charge on any atom is -0.493 e. The molecule has 2 amide bonds. The second-order valence-electron chi connectivity index (χ2n) is 6.57. The minimum absolute atomic E-state index is 0.109. The van der Waals surface area contributed by atoms with Gasteiger partial charge in [-0.2, -0.15) is 0 Å². The summed E-state index contributed by atoms with van der Waals surface area (Å²) in [5, 5.41) is 8.61. The smallest absolute Gasteiger partial charge is 0.251 e. The molecule has 6 nitrogen and oxygen atoms in total. The summed E-state index contributed by atoms with van der Waals surface area (Å²) in [6.07, 6.45) is 0. The molecule has 0 saturated carbocycles. The van der Waals surface area contributed by atoms with E-state index in [2.05, 4.69) is 29.8 Å². The molecule has 2 aromatic rings. The Labute approximate surface area is 160 Å². The maximum absolute atomic E-state index is 12.1. The van der Waals surface area contributed by atoms with Crippen molar-refractivity contribution in [3.8, 4) is 5.75 Å². The molecule has 6 heteroatoms. The number of carbonyl (C=O) groups is 2. The quantitative estimate of drug-likeness (QED) is 0.632. The third-order valence-corrected chi connectivity index (χ3v) is 3.66. The first-order chi connectivity index (χ1) is 13.0. The number of hydrogen-bond acceptors (Lipinski definition) is 4. The van der Waals surface area contributed by atoms with E-state index in [1.165, 1.54) is 0 Å². The predicted octanol–water partition coefficient (Wildman–Crippen LogP) is 3.52. The Balaban J connectivity index is 1.79. The molecule has 144 valence electrons. The molecule has 0 aliphatic heterocycles. The third kappa shape index (κ3) is 7.01. The average Bonchev–Trinajstić information content (AvgIpc) is 2.66. The van der Waals surface area contributed by atoms with Crippen LogP contribution in [-0.2, 0) is 4.79 Å². The Bertz CT molecular complexity index is 740. The van der Waals surface area contributed by atoms with E-state index < -0.39 is 0 Å². The maximum Gasteiger partial charge on any atom is 0.251 e. The van der Waals surface area contributed by atoms with Crippen LogP contribution in [0.2, 0.25) is 0 Å². The zero-order chi connectivity index (χ0) is 19.6. The van der Waals surface area contributed by atoms with E-state index in [9.17, 15) is 9.59 Å². The number of rotatable bonds is 9. The van der Waals surface area contributed by atoms with Gasteiger partial charge in [0, 0.05) is 23.5 Å². The molecule has 0 heterocycles. The van der Waals surface area contributed by atoms with E-state index in [-0.39, 0.29) is 18.4 Å². The number of hydrogen-bond donors (Lipinski definition) is 3. The molecule has 0 aliphatic carbocycles. The lowest BCUT2D eigenvalue weighted by Gasteiger charge is -2.11. The first-order valence-corrected chi connectivity index (χ1v) is 9.12. The van der Waals surface area contributed by atoms with Crippen LogP contribution in [0, 0.1) is 5.92 Å². The van der Waals surface area contributed by atoms with Crippen molar-refractivity contribution >= 4 is 23.2 Å². The lowest BCUT2D eigenvalue weighted by atomic mass is 10.2. The molecule has 2 rings (SSSR count). The molecule has 0 radical (unpaired) electrons. The minimum atomic E-state index is -0.154. The monoisotopic (exact) mass is 369 g/mol. The first kappa shape index (κ1) is 20.3. The third-order valence-electron chi connectivity index (χ3n) is 3.66. The van der Waals surface area contributed by atoms with Crippen LogP contribution >= 0.6 is 0 Å². The van der Waals surface area contributed by atoms with Crippen LogP contribution < -0.4 is 20.7 Å². The van der Waals surface area contributed by atoms with Gasteiger partial charge in [0.15, 0.2) is 0 Å². The standard InChI is InChI=1S/C21H27N3O3/c1-4-22-21(26)16-5-7-17(8-6-16)23-13-20(25)24-18-9-11-19(12-10-18)27-14-15(2)3/h5-12,15,23H,4,13-14H2,1-3H3,(H,22,26)(H,24,25). The van der Waals surface area contributed by atoms with E-state index in [0.717, 1.165) is 11.4 Å². The number of ether oxygens (including phenoxy) is 1. The van der Waals surface area contributed by atoms with Crippen LogP contribution in [0.25, 0.3) is 0 Å². The van der Waals surface area contributed by atoms with Crippen molar-refractivity contribution in [3.63, 3.8) is 0 Å². The van der Waals surface area contributed by atoms with Crippen molar-refractivity contribution in [1.29, 1.82) is 0 Å². The summed E-state index contributed by atoms with van der Waals surface area (Å²) in [5.74, 6) is 0.985. The second kappa shape index (κ2) is 10.2. The Morgan fingerprint density at radius 1 is 0.963 bits per heavy atom. The summed E-state index contributed by atoms with van der Waals surface area (Å²) in [6, 6.07) is 14.3. The number of nitrogens with one attached hydrogen (secondary N) is 3. The first-order valence-electron chi connectivity index (χ1n) is 9.12. The number of benzene rings is 2. The van der Waals surface area contributed by atoms with E-state index in [0.29, 0.717) is 30.3 Å².